The van der Waals surface area contributed by atoms with E-state index in [-0.39, 0.29) is 16.9 Å². The molecule has 0 radical (unpaired) electrons. The lowest BCUT2D eigenvalue weighted by atomic mass is 9.84. The molecule has 2 saturated heterocycles. The van der Waals surface area contributed by atoms with Gasteiger partial charge in [0.1, 0.15) is 0 Å². The van der Waals surface area contributed by atoms with Crippen molar-refractivity contribution in [2.45, 2.75) is 57.4 Å². The van der Waals surface area contributed by atoms with Gasteiger partial charge in [0.25, 0.3) is 0 Å². The molecule has 0 saturated carbocycles. The van der Waals surface area contributed by atoms with E-state index in [2.05, 4.69) is 31.0 Å². The molecule has 0 aliphatic carbocycles. The van der Waals surface area contributed by atoms with Crippen LogP contribution in [0, 0.1) is 0 Å². The van der Waals surface area contributed by atoms with Crippen LogP contribution in [0.4, 0.5) is 0 Å². The summed E-state index contributed by atoms with van der Waals surface area (Å²) in [5, 5.41) is 6.59. The largest absolute Gasteiger partial charge is 0.381 e. The van der Waals surface area contributed by atoms with E-state index < -0.39 is 0 Å². The highest BCUT2D eigenvalue weighted by atomic mass is 32.1. The fraction of sp³-hybridized carbons (Fsp3) is 0.778. The average molecular weight is 352 g/mol. The molecule has 0 aromatic carbocycles. The zero-order chi connectivity index (χ0) is 17.2. The van der Waals surface area contributed by atoms with Crippen LogP contribution in [0.1, 0.15) is 50.7 Å². The van der Waals surface area contributed by atoms with Gasteiger partial charge in [0.15, 0.2) is 0 Å². The molecule has 2 fully saturated rings. The van der Waals surface area contributed by atoms with Crippen LogP contribution in [-0.4, -0.2) is 54.2 Å². The third-order valence-corrected chi connectivity index (χ3v) is 6.42. The van der Waals surface area contributed by atoms with Crippen molar-refractivity contribution in [1.29, 1.82) is 0 Å². The number of nitrogens with zero attached hydrogens (tertiary/aromatic N) is 2. The van der Waals surface area contributed by atoms with Crippen molar-refractivity contribution in [2.75, 3.05) is 32.8 Å². The van der Waals surface area contributed by atoms with Gasteiger partial charge in [0.2, 0.25) is 5.91 Å². The zero-order valence-electron chi connectivity index (χ0n) is 15.1. The Kier molecular flexibility index (Phi) is 5.27. The quantitative estimate of drug-likeness (QED) is 0.889. The summed E-state index contributed by atoms with van der Waals surface area (Å²) in [6.45, 7) is 10.6. The Morgan fingerprint density at radius 1 is 1.33 bits per heavy atom. The summed E-state index contributed by atoms with van der Waals surface area (Å²) in [6.07, 6.45) is 3.33. The van der Waals surface area contributed by atoms with E-state index in [1.165, 1.54) is 0 Å². The van der Waals surface area contributed by atoms with Crippen LogP contribution < -0.4 is 5.32 Å². The maximum atomic E-state index is 13.1. The van der Waals surface area contributed by atoms with Gasteiger partial charge in [-0.3, -0.25) is 4.79 Å². The van der Waals surface area contributed by atoms with E-state index in [9.17, 15) is 4.79 Å². The molecule has 24 heavy (non-hydrogen) atoms. The number of carbonyl (C=O) groups is 1. The number of ether oxygens (including phenoxy) is 1. The maximum absolute atomic E-state index is 13.1. The van der Waals surface area contributed by atoms with Crippen LogP contribution in [0.5, 0.6) is 0 Å². The Morgan fingerprint density at radius 2 is 2.08 bits per heavy atom. The van der Waals surface area contributed by atoms with E-state index in [1.807, 2.05) is 5.38 Å². The molecule has 0 bridgehead atoms. The van der Waals surface area contributed by atoms with Crippen molar-refractivity contribution in [2.24, 2.45) is 0 Å². The zero-order valence-corrected chi connectivity index (χ0v) is 15.9. The first-order valence-electron chi connectivity index (χ1n) is 8.95. The fourth-order valence-corrected chi connectivity index (χ4v) is 4.56. The van der Waals surface area contributed by atoms with Crippen molar-refractivity contribution >= 4 is 17.2 Å². The van der Waals surface area contributed by atoms with Gasteiger partial charge in [-0.25, -0.2) is 4.98 Å². The van der Waals surface area contributed by atoms with E-state index in [0.29, 0.717) is 6.42 Å². The molecule has 3 heterocycles. The summed E-state index contributed by atoms with van der Waals surface area (Å²) in [4.78, 5) is 19.9. The van der Waals surface area contributed by atoms with Crippen molar-refractivity contribution < 1.29 is 9.53 Å². The monoisotopic (exact) mass is 351 g/mol. The summed E-state index contributed by atoms with van der Waals surface area (Å²) in [5.74, 6) is 0.214. The smallest absolute Gasteiger partial charge is 0.229 e. The second-order valence-corrected chi connectivity index (χ2v) is 8.81. The van der Waals surface area contributed by atoms with Crippen LogP contribution >= 0.6 is 11.3 Å². The number of thiazole rings is 1. The van der Waals surface area contributed by atoms with E-state index in [0.717, 1.165) is 62.8 Å². The SMILES string of the molecule is CC(C)(C)c1nc(CC(=O)N2CCNCCC23CCOCC3)cs1. The van der Waals surface area contributed by atoms with Crippen molar-refractivity contribution in [3.8, 4) is 0 Å². The van der Waals surface area contributed by atoms with Gasteiger partial charge < -0.3 is 15.0 Å². The average Bonchev–Trinajstić information content (AvgIpc) is 2.91. The number of nitrogens with one attached hydrogen (secondary N) is 1. The van der Waals surface area contributed by atoms with Crippen molar-refractivity contribution in [3.05, 3.63) is 16.1 Å². The third-order valence-electron chi connectivity index (χ3n) is 5.10. The lowest BCUT2D eigenvalue weighted by Crippen LogP contribution is -2.55. The number of amides is 1. The Morgan fingerprint density at radius 3 is 2.75 bits per heavy atom. The number of aromatic nitrogens is 1. The molecule has 2 aliphatic heterocycles. The first-order valence-corrected chi connectivity index (χ1v) is 9.83. The summed E-state index contributed by atoms with van der Waals surface area (Å²) < 4.78 is 5.56. The molecule has 5 nitrogen and oxygen atoms in total. The van der Waals surface area contributed by atoms with Crippen LogP contribution in [0.25, 0.3) is 0 Å². The molecular formula is C18H29N3O2S. The van der Waals surface area contributed by atoms with Gasteiger partial charge in [-0.1, -0.05) is 20.8 Å². The Bertz CT molecular complexity index is 573. The predicted octanol–water partition coefficient (Wildman–Crippen LogP) is 2.35. The molecule has 1 spiro atoms. The van der Waals surface area contributed by atoms with Gasteiger partial charge in [-0.05, 0) is 25.8 Å². The standard InChI is InChI=1S/C18H29N3O2S/c1-17(2,3)16-20-14(13-24-16)12-15(22)21-9-8-19-7-4-18(21)5-10-23-11-6-18/h13,19H,4-12H2,1-3H3. The lowest BCUT2D eigenvalue weighted by molar-refractivity contribution is -0.141. The lowest BCUT2D eigenvalue weighted by Gasteiger charge is -2.45. The Balaban J connectivity index is 1.75. The van der Waals surface area contributed by atoms with Gasteiger partial charge in [0, 0.05) is 42.6 Å². The highest BCUT2D eigenvalue weighted by molar-refractivity contribution is 7.09. The van der Waals surface area contributed by atoms with Crippen LogP contribution in [-0.2, 0) is 21.4 Å². The Hall–Kier alpha value is -0.980. The first kappa shape index (κ1) is 17.8. The molecule has 1 amide bonds. The molecule has 6 heteroatoms. The van der Waals surface area contributed by atoms with Crippen molar-refractivity contribution in [3.63, 3.8) is 0 Å². The maximum Gasteiger partial charge on any atom is 0.229 e. The fourth-order valence-electron chi connectivity index (χ4n) is 3.65. The van der Waals surface area contributed by atoms with Gasteiger partial charge in [-0.2, -0.15) is 0 Å². The highest BCUT2D eigenvalue weighted by Gasteiger charge is 2.41. The van der Waals surface area contributed by atoms with E-state index in [4.69, 9.17) is 9.72 Å². The van der Waals surface area contributed by atoms with Crippen molar-refractivity contribution in [1.82, 2.24) is 15.2 Å². The number of hydrogen-bond acceptors (Lipinski definition) is 5. The van der Waals surface area contributed by atoms with Crippen LogP contribution in [0.15, 0.2) is 5.38 Å². The van der Waals surface area contributed by atoms with Crippen LogP contribution in [0.2, 0.25) is 0 Å². The van der Waals surface area contributed by atoms with E-state index >= 15 is 0 Å². The summed E-state index contributed by atoms with van der Waals surface area (Å²) in [7, 11) is 0. The second-order valence-electron chi connectivity index (χ2n) is 7.95. The minimum atomic E-state index is -0.0261. The summed E-state index contributed by atoms with van der Waals surface area (Å²) in [6, 6.07) is 0. The van der Waals surface area contributed by atoms with Gasteiger partial charge >= 0.3 is 0 Å². The molecule has 0 unspecified atom stereocenters. The van der Waals surface area contributed by atoms with Crippen LogP contribution in [0.3, 0.4) is 0 Å². The predicted molar refractivity (Wildman–Crippen MR) is 96.5 cm³/mol. The normalized spacial score (nSPS) is 21.7. The minimum absolute atomic E-state index is 0.0261. The number of carbonyl (C=O) groups excluding carboxylic acids is 1. The topological polar surface area (TPSA) is 54.5 Å². The Labute approximate surface area is 148 Å². The van der Waals surface area contributed by atoms with Gasteiger partial charge in [-0.15, -0.1) is 11.3 Å². The summed E-state index contributed by atoms with van der Waals surface area (Å²) in [5.41, 5.74) is 0.927. The molecule has 1 aromatic heterocycles. The van der Waals surface area contributed by atoms with Gasteiger partial charge in [0.05, 0.1) is 17.1 Å². The second kappa shape index (κ2) is 7.10. The highest BCUT2D eigenvalue weighted by Crippen LogP contribution is 2.33. The molecule has 2 aliphatic rings. The molecule has 1 aromatic rings. The first-order chi connectivity index (χ1) is 11.4. The molecule has 134 valence electrons. The molecular weight excluding hydrogens is 322 g/mol. The third kappa shape index (κ3) is 3.81. The number of rotatable bonds is 2. The molecule has 0 atom stereocenters. The molecule has 1 N–H and O–H groups in total. The minimum Gasteiger partial charge on any atom is -0.381 e. The summed E-state index contributed by atoms with van der Waals surface area (Å²) >= 11 is 1.66. The molecule has 3 rings (SSSR count). The van der Waals surface area contributed by atoms with E-state index in [1.54, 1.807) is 11.3 Å². The number of hydrogen-bond donors (Lipinski definition) is 1.